The second-order valence-electron chi connectivity index (χ2n) is 4.78. The van der Waals surface area contributed by atoms with Gasteiger partial charge in [0.2, 0.25) is 6.08 Å². The molecule has 0 heterocycles. The van der Waals surface area contributed by atoms with Gasteiger partial charge in [0.15, 0.2) is 0 Å². The standard InChI is InChI=1S/C17H15NO3/c1-12(2)21-17(20)14-8-6-13(7-9-14)15-4-3-5-16(10-15)18-11-19/h3-10,12H,1-2H3. The van der Waals surface area contributed by atoms with Gasteiger partial charge in [0.25, 0.3) is 0 Å². The second kappa shape index (κ2) is 6.64. The van der Waals surface area contributed by atoms with E-state index in [4.69, 9.17) is 4.74 Å². The van der Waals surface area contributed by atoms with E-state index in [1.54, 1.807) is 24.3 Å². The fraction of sp³-hybridized carbons (Fsp3) is 0.176. The lowest BCUT2D eigenvalue weighted by Crippen LogP contribution is -2.11. The first-order valence-corrected chi connectivity index (χ1v) is 6.59. The van der Waals surface area contributed by atoms with E-state index in [0.717, 1.165) is 11.1 Å². The zero-order chi connectivity index (χ0) is 15.2. The van der Waals surface area contributed by atoms with E-state index in [1.807, 2.05) is 38.1 Å². The van der Waals surface area contributed by atoms with Gasteiger partial charge < -0.3 is 4.74 Å². The lowest BCUT2D eigenvalue weighted by atomic mass is 10.0. The van der Waals surface area contributed by atoms with Crippen molar-refractivity contribution < 1.29 is 14.3 Å². The maximum Gasteiger partial charge on any atom is 0.338 e. The van der Waals surface area contributed by atoms with Gasteiger partial charge in [-0.25, -0.2) is 9.59 Å². The number of ether oxygens (including phenoxy) is 1. The van der Waals surface area contributed by atoms with Gasteiger partial charge in [-0.1, -0.05) is 24.3 Å². The Kier molecular flexibility index (Phi) is 4.64. The second-order valence-corrected chi connectivity index (χ2v) is 4.78. The van der Waals surface area contributed by atoms with Crippen molar-refractivity contribution in [2.75, 3.05) is 0 Å². The zero-order valence-corrected chi connectivity index (χ0v) is 11.9. The number of carbonyl (C=O) groups is 1. The van der Waals surface area contributed by atoms with Crippen LogP contribution in [0.3, 0.4) is 0 Å². The van der Waals surface area contributed by atoms with Crippen LogP contribution in [0.5, 0.6) is 0 Å². The number of hydrogen-bond donors (Lipinski definition) is 0. The van der Waals surface area contributed by atoms with E-state index < -0.39 is 0 Å². The minimum Gasteiger partial charge on any atom is -0.459 e. The highest BCUT2D eigenvalue weighted by atomic mass is 16.5. The molecule has 0 aliphatic heterocycles. The maximum atomic E-state index is 11.8. The number of esters is 1. The molecule has 2 aromatic carbocycles. The number of carbonyl (C=O) groups excluding carboxylic acids is 2. The molecule has 0 saturated heterocycles. The molecule has 0 aliphatic carbocycles. The first kappa shape index (κ1) is 14.7. The van der Waals surface area contributed by atoms with Gasteiger partial charge in [-0.2, -0.15) is 4.99 Å². The Bertz CT molecular complexity index is 683. The zero-order valence-electron chi connectivity index (χ0n) is 11.9. The molecule has 0 unspecified atom stereocenters. The predicted molar refractivity (Wildman–Crippen MR) is 80.2 cm³/mol. The molecule has 2 rings (SSSR count). The molecule has 0 radical (unpaired) electrons. The number of isocyanates is 1. The van der Waals surface area contributed by atoms with Gasteiger partial charge in [0.05, 0.1) is 17.4 Å². The van der Waals surface area contributed by atoms with Gasteiger partial charge in [0.1, 0.15) is 0 Å². The predicted octanol–water partition coefficient (Wildman–Crippen LogP) is 3.89. The number of aliphatic imine (C=N–C) groups is 1. The molecule has 106 valence electrons. The summed E-state index contributed by atoms with van der Waals surface area (Å²) in [6.07, 6.45) is 1.38. The van der Waals surface area contributed by atoms with Crippen LogP contribution in [-0.2, 0) is 9.53 Å². The van der Waals surface area contributed by atoms with Crippen LogP contribution in [0.4, 0.5) is 5.69 Å². The van der Waals surface area contributed by atoms with Crippen LogP contribution >= 0.6 is 0 Å². The lowest BCUT2D eigenvalue weighted by molar-refractivity contribution is 0.0378. The SMILES string of the molecule is CC(C)OC(=O)c1ccc(-c2cccc(N=C=O)c2)cc1. The number of nitrogens with zero attached hydrogens (tertiary/aromatic N) is 1. The van der Waals surface area contributed by atoms with Crippen molar-refractivity contribution in [1.29, 1.82) is 0 Å². The van der Waals surface area contributed by atoms with Crippen molar-refractivity contribution in [2.45, 2.75) is 20.0 Å². The Balaban J connectivity index is 2.24. The minimum absolute atomic E-state index is 0.143. The quantitative estimate of drug-likeness (QED) is 0.485. The lowest BCUT2D eigenvalue weighted by Gasteiger charge is -2.08. The van der Waals surface area contributed by atoms with E-state index in [2.05, 4.69) is 4.99 Å². The van der Waals surface area contributed by atoms with Crippen LogP contribution in [0, 0.1) is 0 Å². The summed E-state index contributed by atoms with van der Waals surface area (Å²) < 4.78 is 5.14. The van der Waals surface area contributed by atoms with Crippen LogP contribution in [0.1, 0.15) is 24.2 Å². The highest BCUT2D eigenvalue weighted by Gasteiger charge is 2.09. The Morgan fingerprint density at radius 3 is 2.43 bits per heavy atom. The number of benzene rings is 2. The van der Waals surface area contributed by atoms with Crippen molar-refractivity contribution >= 4 is 17.7 Å². The molecule has 4 heteroatoms. The van der Waals surface area contributed by atoms with Crippen molar-refractivity contribution in [3.05, 3.63) is 54.1 Å². The molecular formula is C17H15NO3. The average molecular weight is 281 g/mol. The van der Waals surface area contributed by atoms with E-state index in [1.165, 1.54) is 6.08 Å². The van der Waals surface area contributed by atoms with E-state index in [9.17, 15) is 9.59 Å². The third kappa shape index (κ3) is 3.88. The fourth-order valence-corrected chi connectivity index (χ4v) is 1.89. The van der Waals surface area contributed by atoms with Crippen LogP contribution in [-0.4, -0.2) is 18.2 Å². The van der Waals surface area contributed by atoms with E-state index in [0.29, 0.717) is 11.3 Å². The Hall–Kier alpha value is -2.71. The Morgan fingerprint density at radius 2 is 1.81 bits per heavy atom. The smallest absolute Gasteiger partial charge is 0.338 e. The Morgan fingerprint density at radius 1 is 1.10 bits per heavy atom. The molecule has 0 aliphatic rings. The highest BCUT2D eigenvalue weighted by Crippen LogP contribution is 2.24. The first-order chi connectivity index (χ1) is 10.1. The van der Waals surface area contributed by atoms with Gasteiger partial charge in [-0.05, 0) is 49.2 Å². The number of hydrogen-bond acceptors (Lipinski definition) is 4. The summed E-state index contributed by atoms with van der Waals surface area (Å²) in [5.41, 5.74) is 2.90. The molecule has 0 spiro atoms. The van der Waals surface area contributed by atoms with E-state index >= 15 is 0 Å². The highest BCUT2D eigenvalue weighted by molar-refractivity contribution is 5.90. The summed E-state index contributed by atoms with van der Waals surface area (Å²) in [5.74, 6) is -0.337. The monoisotopic (exact) mass is 281 g/mol. The third-order valence-corrected chi connectivity index (χ3v) is 2.82. The van der Waals surface area contributed by atoms with Gasteiger partial charge in [-0.3, -0.25) is 0 Å². The average Bonchev–Trinajstić information content (AvgIpc) is 2.47. The van der Waals surface area contributed by atoms with Gasteiger partial charge in [-0.15, -0.1) is 0 Å². The summed E-state index contributed by atoms with van der Waals surface area (Å²) in [4.78, 5) is 25.6. The van der Waals surface area contributed by atoms with Crippen molar-refractivity contribution in [3.8, 4) is 11.1 Å². The van der Waals surface area contributed by atoms with E-state index in [-0.39, 0.29) is 12.1 Å². The molecular weight excluding hydrogens is 266 g/mol. The van der Waals surface area contributed by atoms with Gasteiger partial charge in [0, 0.05) is 0 Å². The maximum absolute atomic E-state index is 11.8. The van der Waals surface area contributed by atoms with Crippen LogP contribution < -0.4 is 0 Å². The van der Waals surface area contributed by atoms with Gasteiger partial charge >= 0.3 is 5.97 Å². The summed E-state index contributed by atoms with van der Waals surface area (Å²) in [5, 5.41) is 0. The van der Waals surface area contributed by atoms with Crippen molar-refractivity contribution in [3.63, 3.8) is 0 Å². The van der Waals surface area contributed by atoms with Crippen LogP contribution in [0.15, 0.2) is 53.5 Å². The molecule has 0 aromatic heterocycles. The fourth-order valence-electron chi connectivity index (χ4n) is 1.89. The number of rotatable bonds is 4. The molecule has 4 nitrogen and oxygen atoms in total. The molecule has 0 saturated carbocycles. The molecule has 21 heavy (non-hydrogen) atoms. The molecule has 0 bridgehead atoms. The molecule has 0 amide bonds. The van der Waals surface area contributed by atoms with Crippen LogP contribution in [0.2, 0.25) is 0 Å². The van der Waals surface area contributed by atoms with Crippen molar-refractivity contribution in [2.24, 2.45) is 4.99 Å². The normalized spacial score (nSPS) is 10.0. The minimum atomic E-state index is -0.337. The van der Waals surface area contributed by atoms with Crippen LogP contribution in [0.25, 0.3) is 11.1 Å². The summed E-state index contributed by atoms with van der Waals surface area (Å²) >= 11 is 0. The summed E-state index contributed by atoms with van der Waals surface area (Å²) in [7, 11) is 0. The molecule has 2 aromatic rings. The largest absolute Gasteiger partial charge is 0.459 e. The molecule has 0 N–H and O–H groups in total. The first-order valence-electron chi connectivity index (χ1n) is 6.59. The summed E-state index contributed by atoms with van der Waals surface area (Å²) in [6, 6.07) is 14.3. The molecule has 0 atom stereocenters. The van der Waals surface area contributed by atoms with Crippen molar-refractivity contribution in [1.82, 2.24) is 0 Å². The third-order valence-electron chi connectivity index (χ3n) is 2.82. The summed E-state index contributed by atoms with van der Waals surface area (Å²) in [6.45, 7) is 3.62. The molecule has 0 fully saturated rings. The Labute approximate surface area is 123 Å². The topological polar surface area (TPSA) is 55.7 Å².